The molecule has 0 saturated carbocycles. The Balaban J connectivity index is 4.40. The van der Waals surface area contributed by atoms with E-state index in [-0.39, 0.29) is 11.7 Å². The van der Waals surface area contributed by atoms with Gasteiger partial charge in [0.15, 0.2) is 0 Å². The predicted octanol–water partition coefficient (Wildman–Crippen LogP) is 0.589. The lowest BCUT2D eigenvalue weighted by molar-refractivity contribution is -0.127. The van der Waals surface area contributed by atoms with Gasteiger partial charge in [0, 0.05) is 5.92 Å². The summed E-state index contributed by atoms with van der Waals surface area (Å²) in [5, 5.41) is 18.5. The van der Waals surface area contributed by atoms with Crippen LogP contribution in [0.5, 0.6) is 0 Å². The zero-order valence-electron chi connectivity index (χ0n) is 8.11. The van der Waals surface area contributed by atoms with Crippen LogP contribution >= 0.6 is 0 Å². The molecule has 72 valence electrons. The number of Topliss-reactive ketones (excluding diaryl/α,β-unsaturated/α-hetero) is 1. The minimum atomic E-state index is -0.688. The first-order chi connectivity index (χ1) is 5.37. The maximum atomic E-state index is 11.1. The number of hydrogen-bond acceptors (Lipinski definition) is 3. The lowest BCUT2D eigenvalue weighted by Gasteiger charge is -2.26. The second-order valence-corrected chi connectivity index (χ2v) is 3.48. The third kappa shape index (κ3) is 2.91. The van der Waals surface area contributed by atoms with Gasteiger partial charge in [-0.1, -0.05) is 6.92 Å². The zero-order chi connectivity index (χ0) is 9.89. The van der Waals surface area contributed by atoms with Crippen LogP contribution in [-0.2, 0) is 4.79 Å². The molecule has 0 aliphatic heterocycles. The fourth-order valence-electron chi connectivity index (χ4n) is 1.45. The first kappa shape index (κ1) is 11.6. The van der Waals surface area contributed by atoms with E-state index in [1.807, 2.05) is 0 Å². The van der Waals surface area contributed by atoms with Crippen LogP contribution in [0.25, 0.3) is 0 Å². The number of rotatable bonds is 4. The summed E-state index contributed by atoms with van der Waals surface area (Å²) in [7, 11) is 0. The molecule has 0 spiro atoms. The Hall–Kier alpha value is -0.410. The van der Waals surface area contributed by atoms with Gasteiger partial charge in [0.2, 0.25) is 0 Å². The van der Waals surface area contributed by atoms with Crippen molar-refractivity contribution in [2.45, 2.75) is 39.9 Å². The molecule has 0 rings (SSSR count). The molecule has 0 amide bonds. The highest BCUT2D eigenvalue weighted by Gasteiger charge is 2.29. The lowest BCUT2D eigenvalue weighted by Crippen LogP contribution is -2.35. The number of carbonyl (C=O) groups excluding carboxylic acids is 1. The molecule has 0 aromatic heterocycles. The van der Waals surface area contributed by atoms with E-state index in [1.165, 1.54) is 6.92 Å². The quantitative estimate of drug-likeness (QED) is 0.655. The molecule has 3 nitrogen and oxygen atoms in total. The van der Waals surface area contributed by atoms with Crippen LogP contribution in [0.3, 0.4) is 0 Å². The highest BCUT2D eigenvalue weighted by atomic mass is 16.3. The van der Waals surface area contributed by atoms with Crippen LogP contribution in [0, 0.1) is 11.8 Å². The highest BCUT2D eigenvalue weighted by molar-refractivity contribution is 5.79. The molecule has 4 unspecified atom stereocenters. The van der Waals surface area contributed by atoms with E-state index >= 15 is 0 Å². The molecule has 0 radical (unpaired) electrons. The van der Waals surface area contributed by atoms with Gasteiger partial charge in [-0.05, 0) is 26.7 Å². The number of ketones is 1. The monoisotopic (exact) mass is 174 g/mol. The Morgan fingerprint density at radius 1 is 1.08 bits per heavy atom. The molecule has 0 fully saturated rings. The van der Waals surface area contributed by atoms with Crippen molar-refractivity contribution < 1.29 is 15.0 Å². The Bertz CT molecular complexity index is 152. The summed E-state index contributed by atoms with van der Waals surface area (Å²) in [4.78, 5) is 11.1. The predicted molar refractivity (Wildman–Crippen MR) is 46.7 cm³/mol. The number of aliphatic hydroxyl groups is 2. The van der Waals surface area contributed by atoms with Gasteiger partial charge in [0.1, 0.15) is 5.78 Å². The Kier molecular flexibility index (Phi) is 4.42. The van der Waals surface area contributed by atoms with Crippen molar-refractivity contribution in [3.8, 4) is 0 Å². The Morgan fingerprint density at radius 2 is 1.50 bits per heavy atom. The molecule has 4 atom stereocenters. The molecule has 0 aromatic carbocycles. The maximum Gasteiger partial charge on any atom is 0.135 e. The molecule has 3 heteroatoms. The van der Waals surface area contributed by atoms with Crippen molar-refractivity contribution in [2.24, 2.45) is 11.8 Å². The molecule has 0 aliphatic rings. The van der Waals surface area contributed by atoms with Crippen molar-refractivity contribution in [1.82, 2.24) is 0 Å². The smallest absolute Gasteiger partial charge is 0.135 e. The summed E-state index contributed by atoms with van der Waals surface area (Å²) in [6, 6.07) is 0. The summed E-state index contributed by atoms with van der Waals surface area (Å²) in [5.74, 6) is -0.717. The zero-order valence-corrected chi connectivity index (χ0v) is 8.11. The topological polar surface area (TPSA) is 57.5 Å². The fourth-order valence-corrected chi connectivity index (χ4v) is 1.45. The highest BCUT2D eigenvalue weighted by Crippen LogP contribution is 2.20. The molecule has 12 heavy (non-hydrogen) atoms. The summed E-state index contributed by atoms with van der Waals surface area (Å²) in [6.07, 6.45) is -1.25. The second-order valence-electron chi connectivity index (χ2n) is 3.48. The van der Waals surface area contributed by atoms with E-state index in [2.05, 4.69) is 0 Å². The summed E-state index contributed by atoms with van der Waals surface area (Å²) in [6.45, 7) is 6.41. The Labute approximate surface area is 73.4 Å². The van der Waals surface area contributed by atoms with Crippen LogP contribution in [0.4, 0.5) is 0 Å². The molecule has 0 aromatic rings. The normalized spacial score (nSPS) is 21.2. The average molecular weight is 174 g/mol. The first-order valence-electron chi connectivity index (χ1n) is 4.24. The molecule has 0 saturated heterocycles. The summed E-state index contributed by atoms with van der Waals surface area (Å²) < 4.78 is 0. The third-order valence-corrected chi connectivity index (χ3v) is 2.32. The number of carbonyl (C=O) groups is 1. The van der Waals surface area contributed by atoms with E-state index in [1.54, 1.807) is 20.8 Å². The summed E-state index contributed by atoms with van der Waals surface area (Å²) in [5.41, 5.74) is 0. The van der Waals surface area contributed by atoms with Gasteiger partial charge in [0.05, 0.1) is 12.2 Å². The van der Waals surface area contributed by atoms with E-state index in [0.717, 1.165) is 0 Å². The van der Waals surface area contributed by atoms with Crippen LogP contribution in [0.2, 0.25) is 0 Å². The molecule has 0 heterocycles. The van der Waals surface area contributed by atoms with Crippen molar-refractivity contribution in [2.75, 3.05) is 0 Å². The van der Waals surface area contributed by atoms with Crippen LogP contribution in [0.15, 0.2) is 0 Å². The average Bonchev–Trinajstić information content (AvgIpc) is 1.85. The van der Waals surface area contributed by atoms with Crippen LogP contribution in [0.1, 0.15) is 27.7 Å². The van der Waals surface area contributed by atoms with Crippen molar-refractivity contribution in [3.05, 3.63) is 0 Å². The van der Waals surface area contributed by atoms with Gasteiger partial charge in [0.25, 0.3) is 0 Å². The van der Waals surface area contributed by atoms with E-state index in [0.29, 0.717) is 0 Å². The van der Waals surface area contributed by atoms with Gasteiger partial charge in [-0.25, -0.2) is 0 Å². The largest absolute Gasteiger partial charge is 0.393 e. The van der Waals surface area contributed by atoms with Gasteiger partial charge in [-0.3, -0.25) is 4.79 Å². The molecule has 0 bridgehead atoms. The SMILES string of the molecule is CC(=O)C(C(C)O)C(C)C(C)O. The number of hydrogen-bond donors (Lipinski definition) is 2. The van der Waals surface area contributed by atoms with E-state index in [9.17, 15) is 15.0 Å². The van der Waals surface area contributed by atoms with Crippen molar-refractivity contribution in [3.63, 3.8) is 0 Å². The van der Waals surface area contributed by atoms with E-state index < -0.39 is 18.1 Å². The van der Waals surface area contributed by atoms with Gasteiger partial charge < -0.3 is 10.2 Å². The fraction of sp³-hybridized carbons (Fsp3) is 0.889. The molecular formula is C9H18O3. The van der Waals surface area contributed by atoms with Gasteiger partial charge in [-0.2, -0.15) is 0 Å². The van der Waals surface area contributed by atoms with Crippen LogP contribution in [-0.4, -0.2) is 28.2 Å². The Morgan fingerprint density at radius 3 is 1.58 bits per heavy atom. The third-order valence-electron chi connectivity index (χ3n) is 2.32. The standard InChI is InChI=1S/C9H18O3/c1-5(6(2)10)9(7(3)11)8(4)12/h5-7,9-11H,1-4H3. The van der Waals surface area contributed by atoms with Crippen molar-refractivity contribution >= 4 is 5.78 Å². The van der Waals surface area contributed by atoms with Crippen LogP contribution < -0.4 is 0 Å². The molecular weight excluding hydrogens is 156 g/mol. The minimum absolute atomic E-state index is 0.0709. The number of aliphatic hydroxyl groups excluding tert-OH is 2. The maximum absolute atomic E-state index is 11.1. The van der Waals surface area contributed by atoms with E-state index in [4.69, 9.17) is 0 Å². The lowest BCUT2D eigenvalue weighted by atomic mass is 9.83. The summed E-state index contributed by atoms with van der Waals surface area (Å²) >= 11 is 0. The minimum Gasteiger partial charge on any atom is -0.393 e. The van der Waals surface area contributed by atoms with Gasteiger partial charge in [-0.15, -0.1) is 0 Å². The molecule has 2 N–H and O–H groups in total. The molecule has 0 aliphatic carbocycles. The second kappa shape index (κ2) is 4.58. The van der Waals surface area contributed by atoms with Gasteiger partial charge >= 0.3 is 0 Å². The van der Waals surface area contributed by atoms with Crippen molar-refractivity contribution in [1.29, 1.82) is 0 Å². The first-order valence-corrected chi connectivity index (χ1v) is 4.24.